The van der Waals surface area contributed by atoms with Crippen LogP contribution in [-0.4, -0.2) is 36.6 Å². The first-order chi connectivity index (χ1) is 16.0. The Balaban J connectivity index is 1.69. The van der Waals surface area contributed by atoms with Gasteiger partial charge in [0.05, 0.1) is 23.4 Å². The van der Waals surface area contributed by atoms with Crippen LogP contribution in [0.3, 0.4) is 0 Å². The molecule has 2 N–H and O–H groups in total. The van der Waals surface area contributed by atoms with E-state index in [0.717, 1.165) is 38.5 Å². The average molecular weight is 468 g/mol. The number of hydrogen-bond acceptors (Lipinski definition) is 4. The molecule has 33 heavy (non-hydrogen) atoms. The highest BCUT2D eigenvalue weighted by Crippen LogP contribution is 2.23. The summed E-state index contributed by atoms with van der Waals surface area (Å²) in [5.74, 6) is 0.0670. The van der Waals surface area contributed by atoms with E-state index in [0.29, 0.717) is 29.2 Å². The van der Waals surface area contributed by atoms with Crippen molar-refractivity contribution in [2.45, 2.75) is 57.9 Å². The Bertz CT molecular complexity index is 973. The lowest BCUT2D eigenvalue weighted by Gasteiger charge is -2.26. The molecular weight excluding hydrogens is 434 g/mol. The van der Waals surface area contributed by atoms with Gasteiger partial charge in [-0.25, -0.2) is 0 Å². The van der Waals surface area contributed by atoms with Crippen LogP contribution in [0.15, 0.2) is 48.5 Å². The summed E-state index contributed by atoms with van der Waals surface area (Å²) in [7, 11) is 1.75. The van der Waals surface area contributed by atoms with Crippen LogP contribution in [0.2, 0.25) is 0 Å². The van der Waals surface area contributed by atoms with Gasteiger partial charge in [-0.3, -0.25) is 14.9 Å². The molecule has 0 aromatic heterocycles. The third-order valence-corrected chi connectivity index (χ3v) is 6.24. The fourth-order valence-electron chi connectivity index (χ4n) is 3.93. The van der Waals surface area contributed by atoms with Crippen molar-refractivity contribution < 1.29 is 14.3 Å². The van der Waals surface area contributed by atoms with Crippen LogP contribution < -0.4 is 20.3 Å². The zero-order valence-corrected chi connectivity index (χ0v) is 20.2. The van der Waals surface area contributed by atoms with Crippen molar-refractivity contribution in [3.8, 4) is 5.75 Å². The Hall–Kier alpha value is -2.93. The maximum Gasteiger partial charge on any atom is 0.261 e. The van der Waals surface area contributed by atoms with E-state index in [1.807, 2.05) is 24.3 Å². The third-order valence-electron chi connectivity index (χ3n) is 5.86. The first-order valence-corrected chi connectivity index (χ1v) is 12.1. The predicted octanol–water partition coefficient (Wildman–Crippen LogP) is 5.08. The van der Waals surface area contributed by atoms with E-state index < -0.39 is 0 Å². The highest BCUT2D eigenvalue weighted by molar-refractivity contribution is 7.80. The molecule has 6 nitrogen and oxygen atoms in total. The average Bonchev–Trinajstić information content (AvgIpc) is 2.84. The van der Waals surface area contributed by atoms with Crippen molar-refractivity contribution in [2.24, 2.45) is 0 Å². The monoisotopic (exact) mass is 467 g/mol. The van der Waals surface area contributed by atoms with Crippen molar-refractivity contribution >= 4 is 34.8 Å². The van der Waals surface area contributed by atoms with Crippen LogP contribution >= 0.6 is 12.2 Å². The highest BCUT2D eigenvalue weighted by atomic mass is 32.1. The number of nitrogens with one attached hydrogen (secondary N) is 2. The molecule has 2 aromatic rings. The van der Waals surface area contributed by atoms with E-state index in [-0.39, 0.29) is 23.0 Å². The summed E-state index contributed by atoms with van der Waals surface area (Å²) in [6, 6.07) is 14.6. The van der Waals surface area contributed by atoms with E-state index in [2.05, 4.69) is 17.6 Å². The number of rotatable bonds is 8. The van der Waals surface area contributed by atoms with E-state index in [1.54, 1.807) is 36.2 Å². The van der Waals surface area contributed by atoms with E-state index in [9.17, 15) is 9.59 Å². The van der Waals surface area contributed by atoms with Gasteiger partial charge in [0.2, 0.25) is 0 Å². The summed E-state index contributed by atoms with van der Waals surface area (Å²) < 4.78 is 5.78. The molecule has 1 aliphatic carbocycles. The molecule has 0 unspecified atom stereocenters. The molecule has 3 rings (SSSR count). The Kier molecular flexibility index (Phi) is 9.24. The number of nitrogens with zero attached hydrogens (tertiary/aromatic N) is 1. The molecular formula is C26H33N3O3S. The van der Waals surface area contributed by atoms with Crippen LogP contribution in [-0.2, 0) is 0 Å². The van der Waals surface area contributed by atoms with Crippen LogP contribution in [0.25, 0.3) is 0 Å². The standard InChI is InChI=1S/C26H33N3O3S/c1-3-4-18-32-23-17-11-9-15-21(23)25(31)28-26(33)29(2)22-16-10-8-14-20(22)24(30)27-19-12-6-5-7-13-19/h8-11,14-17,19H,3-7,12-13,18H2,1-2H3,(H,27,30)(H,28,31,33). The van der Waals surface area contributed by atoms with Crippen LogP contribution in [0.5, 0.6) is 5.75 Å². The van der Waals surface area contributed by atoms with Gasteiger partial charge in [0.15, 0.2) is 5.11 Å². The number of para-hydroxylation sites is 2. The van der Waals surface area contributed by atoms with E-state index >= 15 is 0 Å². The smallest absolute Gasteiger partial charge is 0.261 e. The lowest BCUT2D eigenvalue weighted by atomic mass is 9.95. The largest absolute Gasteiger partial charge is 0.493 e. The minimum Gasteiger partial charge on any atom is -0.493 e. The molecule has 176 valence electrons. The number of hydrogen-bond donors (Lipinski definition) is 2. The molecule has 0 heterocycles. The van der Waals surface area contributed by atoms with Crippen molar-refractivity contribution in [3.05, 3.63) is 59.7 Å². The second-order valence-electron chi connectivity index (χ2n) is 8.34. The quantitative estimate of drug-likeness (QED) is 0.419. The number of thiocarbonyl (C=S) groups is 1. The summed E-state index contributed by atoms with van der Waals surface area (Å²) in [5.41, 5.74) is 1.60. The highest BCUT2D eigenvalue weighted by Gasteiger charge is 2.22. The lowest BCUT2D eigenvalue weighted by Crippen LogP contribution is -2.42. The number of amides is 2. The van der Waals surface area contributed by atoms with Gasteiger partial charge in [-0.05, 0) is 55.7 Å². The number of unbranched alkanes of at least 4 members (excludes halogenated alkanes) is 1. The molecule has 0 radical (unpaired) electrons. The van der Waals surface area contributed by atoms with Gasteiger partial charge < -0.3 is 15.0 Å². The van der Waals surface area contributed by atoms with Gasteiger partial charge >= 0.3 is 0 Å². The summed E-state index contributed by atoms with van der Waals surface area (Å²) in [6.45, 7) is 2.64. The summed E-state index contributed by atoms with van der Waals surface area (Å²) in [4.78, 5) is 27.6. The van der Waals surface area contributed by atoms with Gasteiger partial charge in [-0.1, -0.05) is 56.9 Å². The summed E-state index contributed by atoms with van der Waals surface area (Å²) in [6.07, 6.45) is 7.47. The Morgan fingerprint density at radius 2 is 1.67 bits per heavy atom. The lowest BCUT2D eigenvalue weighted by molar-refractivity contribution is 0.0927. The maximum atomic E-state index is 13.0. The zero-order chi connectivity index (χ0) is 23.6. The van der Waals surface area contributed by atoms with Crippen molar-refractivity contribution in [1.82, 2.24) is 10.6 Å². The molecule has 1 saturated carbocycles. The van der Waals surface area contributed by atoms with Crippen molar-refractivity contribution in [2.75, 3.05) is 18.6 Å². The second-order valence-corrected chi connectivity index (χ2v) is 8.73. The van der Waals surface area contributed by atoms with Crippen molar-refractivity contribution in [1.29, 1.82) is 0 Å². The first-order valence-electron chi connectivity index (χ1n) is 11.7. The third kappa shape index (κ3) is 6.78. The first kappa shape index (κ1) is 24.7. The molecule has 1 fully saturated rings. The predicted molar refractivity (Wildman–Crippen MR) is 136 cm³/mol. The maximum absolute atomic E-state index is 13.0. The van der Waals surface area contributed by atoms with Gasteiger partial charge in [0, 0.05) is 13.1 Å². The molecule has 0 aliphatic heterocycles. The zero-order valence-electron chi connectivity index (χ0n) is 19.4. The molecule has 0 atom stereocenters. The number of carbonyl (C=O) groups is 2. The van der Waals surface area contributed by atoms with E-state index in [4.69, 9.17) is 17.0 Å². The minimum absolute atomic E-state index is 0.117. The molecule has 1 aliphatic rings. The van der Waals surface area contributed by atoms with Crippen LogP contribution in [0.4, 0.5) is 5.69 Å². The van der Waals surface area contributed by atoms with Crippen molar-refractivity contribution in [3.63, 3.8) is 0 Å². The number of ether oxygens (including phenoxy) is 1. The number of anilines is 1. The minimum atomic E-state index is -0.344. The Morgan fingerprint density at radius 3 is 2.39 bits per heavy atom. The molecule has 0 bridgehead atoms. The van der Waals surface area contributed by atoms with Crippen LogP contribution in [0, 0.1) is 0 Å². The summed E-state index contributed by atoms with van der Waals surface area (Å²) >= 11 is 5.51. The summed E-state index contributed by atoms with van der Waals surface area (Å²) in [5, 5.41) is 6.14. The molecule has 2 amide bonds. The van der Waals surface area contributed by atoms with Gasteiger partial charge in [-0.2, -0.15) is 0 Å². The van der Waals surface area contributed by atoms with E-state index in [1.165, 1.54) is 6.42 Å². The van der Waals surface area contributed by atoms with Gasteiger partial charge in [0.1, 0.15) is 5.75 Å². The van der Waals surface area contributed by atoms with Gasteiger partial charge in [0.25, 0.3) is 11.8 Å². The Morgan fingerprint density at radius 1 is 1.00 bits per heavy atom. The van der Waals surface area contributed by atoms with Gasteiger partial charge in [-0.15, -0.1) is 0 Å². The van der Waals surface area contributed by atoms with Crippen LogP contribution in [0.1, 0.15) is 72.6 Å². The molecule has 7 heteroatoms. The Labute approximate surface area is 201 Å². The fourth-order valence-corrected chi connectivity index (χ4v) is 4.12. The SMILES string of the molecule is CCCCOc1ccccc1C(=O)NC(=S)N(C)c1ccccc1C(=O)NC1CCCCC1. The topological polar surface area (TPSA) is 70.7 Å². The fraction of sp³-hybridized carbons (Fsp3) is 0.423. The number of benzene rings is 2. The molecule has 0 spiro atoms. The number of carbonyl (C=O) groups excluding carboxylic acids is 2. The molecule has 0 saturated heterocycles. The molecule has 2 aromatic carbocycles. The second kappa shape index (κ2) is 12.3. The normalized spacial score (nSPS) is 13.8.